The van der Waals surface area contributed by atoms with Gasteiger partial charge in [-0.1, -0.05) is 18.1 Å². The zero-order valence-corrected chi connectivity index (χ0v) is 18.3. The van der Waals surface area contributed by atoms with Crippen LogP contribution in [0.5, 0.6) is 5.75 Å². The first-order valence-electron chi connectivity index (χ1n) is 9.03. The minimum Gasteiger partial charge on any atom is -0.497 e. The Morgan fingerprint density at radius 2 is 2.07 bits per heavy atom. The number of aryl methyl sites for hydroxylation is 1. The summed E-state index contributed by atoms with van der Waals surface area (Å²) < 4.78 is 38.4. The van der Waals surface area contributed by atoms with Gasteiger partial charge >= 0.3 is 0 Å². The highest BCUT2D eigenvalue weighted by molar-refractivity contribution is 7.94. The van der Waals surface area contributed by atoms with Gasteiger partial charge in [-0.25, -0.2) is 8.42 Å². The maximum atomic E-state index is 12.7. The number of carbonyl (C=O) groups excluding carboxylic acids is 1. The molecule has 30 heavy (non-hydrogen) atoms. The van der Waals surface area contributed by atoms with Crippen molar-refractivity contribution < 1.29 is 22.5 Å². The third-order valence-corrected chi connectivity index (χ3v) is 6.99. The molecule has 0 saturated heterocycles. The molecule has 1 aromatic carbocycles. The van der Waals surface area contributed by atoms with Crippen molar-refractivity contribution in [1.82, 2.24) is 5.16 Å². The molecule has 8 nitrogen and oxygen atoms in total. The van der Waals surface area contributed by atoms with Crippen LogP contribution in [-0.4, -0.2) is 26.6 Å². The summed E-state index contributed by atoms with van der Waals surface area (Å²) >= 11 is 1.10. The molecular formula is C20H21N3O5S2. The highest BCUT2D eigenvalue weighted by Crippen LogP contribution is 2.28. The van der Waals surface area contributed by atoms with E-state index in [0.29, 0.717) is 39.9 Å². The minimum absolute atomic E-state index is 0.149. The van der Waals surface area contributed by atoms with E-state index < -0.39 is 10.0 Å². The lowest BCUT2D eigenvalue weighted by Crippen LogP contribution is -2.11. The number of benzene rings is 1. The van der Waals surface area contributed by atoms with Crippen LogP contribution >= 0.6 is 11.3 Å². The molecule has 0 unspecified atom stereocenters. The summed E-state index contributed by atoms with van der Waals surface area (Å²) in [7, 11) is -2.22. The van der Waals surface area contributed by atoms with Crippen molar-refractivity contribution in [2.24, 2.45) is 0 Å². The molecule has 2 N–H and O–H groups in total. The predicted octanol–water partition coefficient (Wildman–Crippen LogP) is 4.37. The number of aromatic nitrogens is 1. The molecule has 0 aliphatic heterocycles. The SMILES string of the molecule is CCC(=O)Nc1c(C)noc1/C=C/c1ccc(S(=O)(=O)Nc2cccc(OC)c2)s1. The monoisotopic (exact) mass is 447 g/mol. The Morgan fingerprint density at radius 1 is 1.27 bits per heavy atom. The number of hydrogen-bond acceptors (Lipinski definition) is 7. The summed E-state index contributed by atoms with van der Waals surface area (Å²) in [4.78, 5) is 12.4. The lowest BCUT2D eigenvalue weighted by molar-refractivity contribution is -0.115. The molecule has 0 aliphatic carbocycles. The van der Waals surface area contributed by atoms with Crippen LogP contribution in [0.25, 0.3) is 12.2 Å². The van der Waals surface area contributed by atoms with Crippen molar-refractivity contribution in [2.45, 2.75) is 24.5 Å². The summed E-state index contributed by atoms with van der Waals surface area (Å²) in [6.45, 7) is 3.48. The Bertz CT molecular complexity index is 1180. The fraction of sp³-hybridized carbons (Fsp3) is 0.200. The number of amides is 1. The van der Waals surface area contributed by atoms with Crippen LogP contribution in [0.2, 0.25) is 0 Å². The van der Waals surface area contributed by atoms with E-state index >= 15 is 0 Å². The van der Waals surface area contributed by atoms with E-state index in [1.165, 1.54) is 13.2 Å². The number of rotatable bonds is 8. The highest BCUT2D eigenvalue weighted by Gasteiger charge is 2.17. The van der Waals surface area contributed by atoms with E-state index in [1.54, 1.807) is 56.3 Å². The predicted molar refractivity (Wildman–Crippen MR) is 117 cm³/mol. The van der Waals surface area contributed by atoms with E-state index in [0.717, 1.165) is 11.3 Å². The smallest absolute Gasteiger partial charge is 0.271 e. The zero-order valence-electron chi connectivity index (χ0n) is 16.6. The van der Waals surface area contributed by atoms with Crippen LogP contribution in [0.3, 0.4) is 0 Å². The molecule has 3 aromatic rings. The molecule has 0 bridgehead atoms. The number of sulfonamides is 1. The van der Waals surface area contributed by atoms with E-state index in [-0.39, 0.29) is 10.1 Å². The third-order valence-electron chi connectivity index (χ3n) is 4.06. The molecule has 0 fully saturated rings. The first kappa shape index (κ1) is 21.6. The number of nitrogens with one attached hydrogen (secondary N) is 2. The lowest BCUT2D eigenvalue weighted by Gasteiger charge is -2.07. The van der Waals surface area contributed by atoms with Crippen molar-refractivity contribution in [2.75, 3.05) is 17.1 Å². The number of nitrogens with zero attached hydrogens (tertiary/aromatic N) is 1. The van der Waals surface area contributed by atoms with Crippen molar-refractivity contribution in [3.05, 3.63) is 52.7 Å². The van der Waals surface area contributed by atoms with Crippen LogP contribution in [0.4, 0.5) is 11.4 Å². The molecule has 158 valence electrons. The van der Waals surface area contributed by atoms with Crippen molar-refractivity contribution >= 4 is 50.8 Å². The van der Waals surface area contributed by atoms with E-state index in [2.05, 4.69) is 15.2 Å². The Morgan fingerprint density at radius 3 is 2.80 bits per heavy atom. The molecule has 0 saturated carbocycles. The molecule has 0 spiro atoms. The van der Waals surface area contributed by atoms with Crippen molar-refractivity contribution in [3.8, 4) is 5.75 Å². The fourth-order valence-electron chi connectivity index (χ4n) is 2.50. The second-order valence-corrected chi connectivity index (χ2v) is 9.26. The molecule has 2 aromatic heterocycles. The molecule has 3 rings (SSSR count). The number of methoxy groups -OCH3 is 1. The number of anilines is 2. The zero-order chi connectivity index (χ0) is 21.7. The van der Waals surface area contributed by atoms with Crippen molar-refractivity contribution in [1.29, 1.82) is 0 Å². The standard InChI is InChI=1S/C20H21N3O5S2/c1-4-18(24)21-20-13(2)22-28-17(20)10-8-16-9-11-19(29-16)30(25,26)23-14-6-5-7-15(12-14)27-3/h5-12,23H,4H2,1-3H3,(H,21,24)/b10-8+. The highest BCUT2D eigenvalue weighted by atomic mass is 32.2. The largest absolute Gasteiger partial charge is 0.497 e. The van der Waals surface area contributed by atoms with Crippen LogP contribution in [-0.2, 0) is 14.8 Å². The minimum atomic E-state index is -3.74. The quantitative estimate of drug-likeness (QED) is 0.530. The Kier molecular flexibility index (Phi) is 6.58. The Hall–Kier alpha value is -3.11. The molecule has 0 aliphatic rings. The van der Waals surface area contributed by atoms with Gasteiger partial charge in [0.25, 0.3) is 10.0 Å². The van der Waals surface area contributed by atoms with Gasteiger partial charge in [-0.05, 0) is 43.3 Å². The van der Waals surface area contributed by atoms with E-state index in [4.69, 9.17) is 9.26 Å². The third kappa shape index (κ3) is 5.08. The maximum Gasteiger partial charge on any atom is 0.271 e. The van der Waals surface area contributed by atoms with Crippen LogP contribution in [0.1, 0.15) is 29.7 Å². The number of thiophene rings is 1. The Labute approximate surface area is 178 Å². The molecule has 0 atom stereocenters. The normalized spacial score (nSPS) is 11.6. The fourth-order valence-corrected chi connectivity index (χ4v) is 4.78. The van der Waals surface area contributed by atoms with Crippen LogP contribution in [0, 0.1) is 6.92 Å². The Balaban J connectivity index is 1.77. The summed E-state index contributed by atoms with van der Waals surface area (Å²) in [6.07, 6.45) is 3.68. The van der Waals surface area contributed by atoms with Crippen molar-refractivity contribution in [3.63, 3.8) is 0 Å². The van der Waals surface area contributed by atoms with Gasteiger partial charge in [0.1, 0.15) is 21.3 Å². The second kappa shape index (κ2) is 9.14. The van der Waals surface area contributed by atoms with Gasteiger partial charge in [0, 0.05) is 17.4 Å². The summed E-state index contributed by atoms with van der Waals surface area (Å²) in [5.41, 5.74) is 1.48. The van der Waals surface area contributed by atoms with Gasteiger partial charge in [-0.2, -0.15) is 0 Å². The molecule has 0 radical (unpaired) electrons. The average Bonchev–Trinajstić information content (AvgIpc) is 3.34. The first-order valence-corrected chi connectivity index (χ1v) is 11.3. The number of ether oxygens (including phenoxy) is 1. The van der Waals surface area contributed by atoms with Gasteiger partial charge in [-0.3, -0.25) is 9.52 Å². The summed E-state index contributed by atoms with van der Waals surface area (Å²) in [6, 6.07) is 9.89. The van der Waals surface area contributed by atoms with Crippen LogP contribution < -0.4 is 14.8 Å². The number of carbonyl (C=O) groups is 1. The first-order chi connectivity index (χ1) is 14.3. The molecule has 2 heterocycles. The number of hydrogen-bond donors (Lipinski definition) is 2. The summed E-state index contributed by atoms with van der Waals surface area (Å²) in [5.74, 6) is 0.795. The molecular weight excluding hydrogens is 426 g/mol. The lowest BCUT2D eigenvalue weighted by atomic mass is 10.2. The summed E-state index contributed by atoms with van der Waals surface area (Å²) in [5, 5.41) is 6.62. The van der Waals surface area contributed by atoms with E-state index in [1.807, 2.05) is 0 Å². The topological polar surface area (TPSA) is 111 Å². The van der Waals surface area contributed by atoms with E-state index in [9.17, 15) is 13.2 Å². The molecule has 10 heteroatoms. The van der Waals surface area contributed by atoms with Gasteiger partial charge in [0.2, 0.25) is 5.91 Å². The van der Waals surface area contributed by atoms with Gasteiger partial charge in [0.15, 0.2) is 5.76 Å². The van der Waals surface area contributed by atoms with Crippen LogP contribution in [0.15, 0.2) is 45.1 Å². The maximum absolute atomic E-state index is 12.7. The van der Waals surface area contributed by atoms with Gasteiger partial charge in [-0.15, -0.1) is 11.3 Å². The second-order valence-electron chi connectivity index (χ2n) is 6.24. The van der Waals surface area contributed by atoms with Gasteiger partial charge < -0.3 is 14.6 Å². The van der Waals surface area contributed by atoms with Gasteiger partial charge in [0.05, 0.1) is 12.8 Å². The molecule has 1 amide bonds. The average molecular weight is 448 g/mol.